The summed E-state index contributed by atoms with van der Waals surface area (Å²) in [5, 5.41) is 50.1. The Balaban J connectivity index is 1.69. The van der Waals surface area contributed by atoms with E-state index in [4.69, 9.17) is 9.15 Å². The van der Waals surface area contributed by atoms with Crippen LogP contribution in [0.3, 0.4) is 0 Å². The summed E-state index contributed by atoms with van der Waals surface area (Å²) in [4.78, 5) is 2.32. The van der Waals surface area contributed by atoms with Gasteiger partial charge in [0, 0.05) is 44.9 Å². The number of rotatable bonds is 1. The van der Waals surface area contributed by atoms with Crippen molar-refractivity contribution in [2.24, 2.45) is 0 Å². The number of hydrogen-bond acceptors (Lipinski definition) is 7. The first kappa shape index (κ1) is 41.3. The number of hydrogen-bond donors (Lipinski definition) is 4. The Labute approximate surface area is 354 Å². The van der Waals surface area contributed by atoms with E-state index in [9.17, 15) is 20.4 Å². The number of aromatic hydroxyl groups is 4. The van der Waals surface area contributed by atoms with Gasteiger partial charge in [0.2, 0.25) is 11.2 Å². The fourth-order valence-corrected chi connectivity index (χ4v) is 9.59. The largest absolute Gasteiger partial charge is 0.508 e. The molecule has 0 fully saturated rings. The smallest absolute Gasteiger partial charge is 0.257 e. The Hall–Kier alpha value is -5.44. The molecule has 2 aliphatic heterocycles. The van der Waals surface area contributed by atoms with Gasteiger partial charge >= 0.3 is 0 Å². The Bertz CT molecular complexity index is 2840. The zero-order chi connectivity index (χ0) is 44.1. The van der Waals surface area contributed by atoms with Crippen molar-refractivity contribution in [1.82, 2.24) is 4.57 Å². The van der Waals surface area contributed by atoms with Crippen LogP contribution in [0.2, 0.25) is 0 Å². The highest BCUT2D eigenvalue weighted by Crippen LogP contribution is 2.51. The minimum atomic E-state index is -0.752. The van der Waals surface area contributed by atoms with Crippen LogP contribution in [-0.4, -0.2) is 31.7 Å². The van der Waals surface area contributed by atoms with Gasteiger partial charge in [0.05, 0.1) is 5.52 Å². The lowest BCUT2D eigenvalue weighted by Crippen LogP contribution is -2.61. The van der Waals surface area contributed by atoms with Crippen molar-refractivity contribution in [3.05, 3.63) is 88.0 Å². The lowest BCUT2D eigenvalue weighted by Gasteiger charge is -2.42. The van der Waals surface area contributed by atoms with E-state index in [1.54, 1.807) is 6.92 Å². The van der Waals surface area contributed by atoms with Gasteiger partial charge in [-0.1, -0.05) is 128 Å². The first-order chi connectivity index (χ1) is 27.5. The van der Waals surface area contributed by atoms with Crippen LogP contribution in [0.15, 0.2) is 63.8 Å². The molecule has 0 spiro atoms. The van der Waals surface area contributed by atoms with E-state index >= 15 is 0 Å². The molecule has 8 nitrogen and oxygen atoms in total. The Morgan fingerprint density at radius 2 is 0.967 bits per heavy atom. The molecule has 0 saturated heterocycles. The van der Waals surface area contributed by atoms with E-state index in [2.05, 4.69) is 122 Å². The monoisotopic (exact) mass is 808 g/mol. The van der Waals surface area contributed by atoms with Crippen LogP contribution in [0.5, 0.6) is 23.0 Å². The van der Waals surface area contributed by atoms with Gasteiger partial charge in [0.25, 0.3) is 6.71 Å². The third-order valence-corrected chi connectivity index (χ3v) is 12.7. The average Bonchev–Trinajstić information content (AvgIpc) is 3.29. The molecule has 0 saturated carbocycles. The summed E-state index contributed by atoms with van der Waals surface area (Å²) in [5.74, 6) is -0.632. The maximum absolute atomic E-state index is 12.9. The third-order valence-electron chi connectivity index (χ3n) is 12.7. The number of aromatic nitrogens is 1. The standard InChI is InChI=1S/C51H61BN2O6/c1-26-35(50(11,12)13)43(57)46-40(41(26)55)54-34-25-29(49(8,9)10)24-33-37(34)52(38-39(54)45(59-60-46)44(58)36(42(38)56)51(14,15)16)31-23-28(48(5,6)7)19-22-32(31)53(33)30-20-17-27(18-21-30)47(2,3)4/h17-25,55-58H,1-16H3. The fourth-order valence-electron chi connectivity index (χ4n) is 9.59. The van der Waals surface area contributed by atoms with E-state index in [1.165, 1.54) is 5.56 Å². The van der Waals surface area contributed by atoms with Gasteiger partial charge in [-0.15, -0.1) is 0 Å². The lowest BCUT2D eigenvalue weighted by molar-refractivity contribution is 0.0873. The second kappa shape index (κ2) is 12.8. The summed E-state index contributed by atoms with van der Waals surface area (Å²) in [6.45, 7) is 32.7. The fraction of sp³-hybridized carbons (Fsp3) is 0.412. The van der Waals surface area contributed by atoms with E-state index in [0.29, 0.717) is 33.4 Å². The maximum Gasteiger partial charge on any atom is 0.257 e. The van der Waals surface area contributed by atoms with Gasteiger partial charge in [-0.2, -0.15) is 0 Å². The summed E-state index contributed by atoms with van der Waals surface area (Å²) >= 11 is 0. The molecule has 0 amide bonds. The lowest BCUT2D eigenvalue weighted by atomic mass is 9.33. The molecule has 0 radical (unpaired) electrons. The van der Waals surface area contributed by atoms with Gasteiger partial charge in [0.15, 0.2) is 11.5 Å². The van der Waals surface area contributed by atoms with Crippen LogP contribution in [0.25, 0.3) is 27.9 Å². The number of phenolic OH excluding ortho intramolecular Hbond substituents is 4. The molecule has 314 valence electrons. The van der Waals surface area contributed by atoms with Gasteiger partial charge in [0.1, 0.15) is 17.0 Å². The number of phenols is 4. The average molecular weight is 809 g/mol. The zero-order valence-electron chi connectivity index (χ0n) is 38.3. The molecule has 1 aromatic heterocycles. The summed E-state index contributed by atoms with van der Waals surface area (Å²) < 4.78 is 14.3. The molecule has 60 heavy (non-hydrogen) atoms. The minimum absolute atomic E-state index is 0.0141. The highest BCUT2D eigenvalue weighted by molar-refractivity contribution is 7.00. The van der Waals surface area contributed by atoms with Crippen LogP contribution >= 0.6 is 0 Å². The molecule has 8 rings (SSSR count). The predicted octanol–water partition coefficient (Wildman–Crippen LogP) is 11.3. The van der Waals surface area contributed by atoms with Gasteiger partial charge in [-0.05, 0) is 91.9 Å². The van der Waals surface area contributed by atoms with Crippen LogP contribution in [0.4, 0.5) is 17.1 Å². The number of nitrogens with zero attached hydrogens (tertiary/aromatic N) is 2. The van der Waals surface area contributed by atoms with Crippen LogP contribution in [-0.2, 0) is 27.1 Å². The van der Waals surface area contributed by atoms with Crippen molar-refractivity contribution in [3.63, 3.8) is 0 Å². The number of anilines is 3. The number of fused-ring (bicyclic) bond motifs is 6. The molecular weight excluding hydrogens is 747 g/mol. The summed E-state index contributed by atoms with van der Waals surface area (Å²) in [6, 6.07) is 19.8. The third kappa shape index (κ3) is 6.00. The normalized spacial score (nSPS) is 14.2. The molecule has 4 N–H and O–H groups in total. The molecule has 0 atom stereocenters. The highest BCUT2D eigenvalue weighted by atomic mass is 17.0. The van der Waals surface area contributed by atoms with Crippen molar-refractivity contribution in [2.75, 3.05) is 4.90 Å². The number of benzene rings is 5. The van der Waals surface area contributed by atoms with E-state index in [0.717, 1.165) is 39.1 Å². The van der Waals surface area contributed by atoms with Crippen molar-refractivity contribution >= 4 is 62.4 Å². The Morgan fingerprint density at radius 3 is 1.50 bits per heavy atom. The quantitative estimate of drug-likeness (QED) is 0.0741. The molecule has 5 aromatic carbocycles. The molecule has 2 aliphatic rings. The molecule has 9 heteroatoms. The van der Waals surface area contributed by atoms with Crippen molar-refractivity contribution < 1.29 is 29.6 Å². The van der Waals surface area contributed by atoms with Gasteiger partial charge in [-0.3, -0.25) is 9.15 Å². The summed E-state index contributed by atoms with van der Waals surface area (Å²) in [5.41, 5.74) is 9.02. The van der Waals surface area contributed by atoms with Crippen molar-refractivity contribution in [3.8, 4) is 28.7 Å². The Kier molecular flexibility index (Phi) is 8.81. The van der Waals surface area contributed by atoms with E-state index in [-0.39, 0.29) is 55.9 Å². The molecule has 0 bridgehead atoms. The van der Waals surface area contributed by atoms with E-state index < -0.39 is 17.5 Å². The van der Waals surface area contributed by atoms with Crippen molar-refractivity contribution in [2.45, 2.75) is 138 Å². The highest BCUT2D eigenvalue weighted by Gasteiger charge is 2.47. The Morgan fingerprint density at radius 1 is 0.467 bits per heavy atom. The first-order valence-electron chi connectivity index (χ1n) is 21.1. The molecule has 0 aliphatic carbocycles. The molecule has 3 heterocycles. The topological polar surface area (TPSA) is 115 Å². The van der Waals surface area contributed by atoms with Crippen LogP contribution < -0.4 is 21.3 Å². The van der Waals surface area contributed by atoms with Gasteiger partial charge in [-0.25, -0.2) is 0 Å². The first-order valence-corrected chi connectivity index (χ1v) is 21.1. The zero-order valence-corrected chi connectivity index (χ0v) is 38.3. The van der Waals surface area contributed by atoms with Gasteiger partial charge < -0.3 is 29.9 Å². The minimum Gasteiger partial charge on any atom is -0.508 e. The second-order valence-corrected chi connectivity index (χ2v) is 22.3. The van der Waals surface area contributed by atoms with Crippen LogP contribution in [0, 0.1) is 6.92 Å². The summed E-state index contributed by atoms with van der Waals surface area (Å²) in [7, 11) is 0. The van der Waals surface area contributed by atoms with Crippen molar-refractivity contribution in [1.29, 1.82) is 0 Å². The predicted molar refractivity (Wildman–Crippen MR) is 247 cm³/mol. The van der Waals surface area contributed by atoms with E-state index in [1.807, 2.05) is 46.1 Å². The van der Waals surface area contributed by atoms with Crippen LogP contribution in [0.1, 0.15) is 137 Å². The molecule has 6 aromatic rings. The second-order valence-electron chi connectivity index (χ2n) is 22.3. The molecular formula is C51H61BN2O6. The maximum atomic E-state index is 12.9. The molecule has 0 unspecified atom stereocenters. The SMILES string of the molecule is Cc1c(C(C)(C)C)c(O)c2ooc3c(O)c(C(C)(C)C)c(O)c4c3n(c2c1O)-c1cc(C(C)(C)C)cc2c1B4c1cc(C(C)(C)C)ccc1N2c1ccc(C(C)(C)C)cc1. The summed E-state index contributed by atoms with van der Waals surface area (Å²) in [6.07, 6.45) is 0.